The Morgan fingerprint density at radius 3 is 2.90 bits per heavy atom. The van der Waals surface area contributed by atoms with E-state index in [1.165, 1.54) is 25.7 Å². The number of pyridine rings is 1. The van der Waals surface area contributed by atoms with Crippen LogP contribution in [0.2, 0.25) is 0 Å². The van der Waals surface area contributed by atoms with E-state index < -0.39 is 5.91 Å². The number of carbonyl (C=O) groups excluding carboxylic acids is 1. The molecule has 1 amide bonds. The molecule has 2 aliphatic carbocycles. The smallest absolute Gasteiger partial charge is 0.267 e. The highest BCUT2D eigenvalue weighted by Gasteiger charge is 2.39. The minimum Gasteiger partial charge on any atom is -0.489 e. The quantitative estimate of drug-likeness (QED) is 0.670. The Labute approximate surface area is 168 Å². The molecule has 2 bridgehead atoms. The summed E-state index contributed by atoms with van der Waals surface area (Å²) in [5, 5.41) is 4.47. The Morgan fingerprint density at radius 2 is 2.10 bits per heavy atom. The maximum atomic E-state index is 11.2. The molecule has 1 aromatic carbocycles. The van der Waals surface area contributed by atoms with Gasteiger partial charge in [0.2, 0.25) is 5.95 Å². The van der Waals surface area contributed by atoms with Crippen LogP contribution in [0.5, 0.6) is 5.75 Å². The number of nitrogens with zero attached hydrogens (tertiary/aromatic N) is 3. The summed E-state index contributed by atoms with van der Waals surface area (Å²) in [6.07, 6.45) is 8.69. The second-order valence-electron chi connectivity index (χ2n) is 8.04. The van der Waals surface area contributed by atoms with Crippen molar-refractivity contribution in [2.24, 2.45) is 17.6 Å². The minimum absolute atomic E-state index is 0.230. The summed E-state index contributed by atoms with van der Waals surface area (Å²) in [6, 6.07) is 9.71. The van der Waals surface area contributed by atoms with Gasteiger partial charge >= 0.3 is 0 Å². The molecule has 29 heavy (non-hydrogen) atoms. The number of benzene rings is 1. The van der Waals surface area contributed by atoms with Crippen molar-refractivity contribution in [3.63, 3.8) is 0 Å². The maximum Gasteiger partial charge on any atom is 0.267 e. The highest BCUT2D eigenvalue weighted by molar-refractivity contribution is 5.90. The van der Waals surface area contributed by atoms with Crippen LogP contribution in [0.4, 0.5) is 5.95 Å². The fraction of sp³-hybridized carbons (Fsp3) is 0.364. The number of nitrogens with one attached hydrogen (secondary N) is 1. The number of hydrogen-bond acceptors (Lipinski definition) is 6. The molecular weight excluding hydrogens is 366 g/mol. The van der Waals surface area contributed by atoms with Crippen LogP contribution in [0.1, 0.15) is 41.7 Å². The first kappa shape index (κ1) is 17.8. The van der Waals surface area contributed by atoms with Crippen LogP contribution in [-0.2, 0) is 6.61 Å². The maximum absolute atomic E-state index is 11.2. The zero-order valence-electron chi connectivity index (χ0n) is 16.0. The van der Waals surface area contributed by atoms with Gasteiger partial charge in [0.1, 0.15) is 18.1 Å². The van der Waals surface area contributed by atoms with Crippen LogP contribution in [-0.4, -0.2) is 26.9 Å². The lowest BCUT2D eigenvalue weighted by Crippen LogP contribution is -2.26. The first-order valence-electron chi connectivity index (χ1n) is 10.0. The summed E-state index contributed by atoms with van der Waals surface area (Å²) < 4.78 is 5.86. The molecule has 3 N–H and O–H groups in total. The molecule has 148 valence electrons. The summed E-state index contributed by atoms with van der Waals surface area (Å²) in [6.45, 7) is 0.318. The van der Waals surface area contributed by atoms with E-state index in [1.54, 1.807) is 18.3 Å². The average Bonchev–Trinajstić information content (AvgIpc) is 3.35. The lowest BCUT2D eigenvalue weighted by atomic mass is 9.95. The van der Waals surface area contributed by atoms with Crippen LogP contribution in [0.3, 0.4) is 0 Å². The number of primary amides is 1. The number of ether oxygens (including phenoxy) is 1. The lowest BCUT2D eigenvalue weighted by Gasteiger charge is -2.22. The summed E-state index contributed by atoms with van der Waals surface area (Å²) in [5.41, 5.74) is 7.22. The molecule has 2 aliphatic rings. The van der Waals surface area contributed by atoms with E-state index in [9.17, 15) is 4.79 Å². The number of fused-ring (bicyclic) bond motifs is 3. The van der Waals surface area contributed by atoms with Gasteiger partial charge in [-0.05, 0) is 67.0 Å². The van der Waals surface area contributed by atoms with E-state index in [0.29, 0.717) is 24.3 Å². The van der Waals surface area contributed by atoms with Gasteiger partial charge in [-0.25, -0.2) is 9.97 Å². The Balaban J connectivity index is 1.27. The van der Waals surface area contributed by atoms with Gasteiger partial charge in [-0.15, -0.1) is 0 Å². The predicted molar refractivity (Wildman–Crippen MR) is 109 cm³/mol. The van der Waals surface area contributed by atoms with Crippen LogP contribution < -0.4 is 15.8 Å². The number of hydrogen-bond donors (Lipinski definition) is 2. The Hall–Kier alpha value is -3.22. The van der Waals surface area contributed by atoms with Crippen molar-refractivity contribution >= 4 is 22.8 Å². The van der Waals surface area contributed by atoms with Gasteiger partial charge in [0.25, 0.3) is 5.91 Å². The van der Waals surface area contributed by atoms with Crippen molar-refractivity contribution in [2.75, 3.05) is 5.32 Å². The molecule has 2 heterocycles. The Bertz CT molecular complexity index is 1070. The molecule has 3 unspecified atom stereocenters. The molecular formula is C22H23N5O2. The molecule has 2 saturated carbocycles. The summed E-state index contributed by atoms with van der Waals surface area (Å²) >= 11 is 0. The number of amides is 1. The third-order valence-electron chi connectivity index (χ3n) is 6.09. The summed E-state index contributed by atoms with van der Waals surface area (Å²) in [7, 11) is 0. The van der Waals surface area contributed by atoms with E-state index in [0.717, 1.165) is 28.3 Å². The van der Waals surface area contributed by atoms with Gasteiger partial charge in [0.15, 0.2) is 0 Å². The molecule has 7 heteroatoms. The highest BCUT2D eigenvalue weighted by atomic mass is 16.5. The second-order valence-corrected chi connectivity index (χ2v) is 8.04. The number of aromatic nitrogens is 3. The van der Waals surface area contributed by atoms with Gasteiger partial charge in [-0.2, -0.15) is 0 Å². The fourth-order valence-electron chi connectivity index (χ4n) is 4.62. The van der Waals surface area contributed by atoms with Crippen molar-refractivity contribution in [3.05, 3.63) is 54.0 Å². The van der Waals surface area contributed by atoms with E-state index in [2.05, 4.69) is 20.3 Å². The van der Waals surface area contributed by atoms with Gasteiger partial charge in [-0.3, -0.25) is 9.78 Å². The molecule has 0 aliphatic heterocycles. The van der Waals surface area contributed by atoms with Crippen molar-refractivity contribution < 1.29 is 9.53 Å². The Morgan fingerprint density at radius 1 is 1.17 bits per heavy atom. The first-order valence-corrected chi connectivity index (χ1v) is 10.0. The average molecular weight is 389 g/mol. The van der Waals surface area contributed by atoms with E-state index in [4.69, 9.17) is 10.5 Å². The van der Waals surface area contributed by atoms with Crippen LogP contribution in [0.15, 0.2) is 42.7 Å². The van der Waals surface area contributed by atoms with Crippen molar-refractivity contribution in [1.29, 1.82) is 0 Å². The topological polar surface area (TPSA) is 103 Å². The van der Waals surface area contributed by atoms with Crippen molar-refractivity contribution in [2.45, 2.75) is 38.3 Å². The zero-order valence-corrected chi connectivity index (χ0v) is 16.0. The van der Waals surface area contributed by atoms with Gasteiger partial charge in [-0.1, -0.05) is 6.42 Å². The molecule has 5 rings (SSSR count). The summed E-state index contributed by atoms with van der Waals surface area (Å²) in [4.78, 5) is 24.4. The predicted octanol–water partition coefficient (Wildman–Crippen LogP) is 3.30. The minimum atomic E-state index is -0.551. The van der Waals surface area contributed by atoms with E-state index in [-0.39, 0.29) is 5.69 Å². The molecule has 0 saturated heterocycles. The molecule has 0 spiro atoms. The van der Waals surface area contributed by atoms with Crippen molar-refractivity contribution in [3.8, 4) is 5.75 Å². The summed E-state index contributed by atoms with van der Waals surface area (Å²) in [5.74, 6) is 2.53. The monoisotopic (exact) mass is 389 g/mol. The number of carbonyl (C=O) groups is 1. The normalized spacial score (nSPS) is 22.7. The molecule has 0 radical (unpaired) electrons. The van der Waals surface area contributed by atoms with Gasteiger partial charge in [0, 0.05) is 23.8 Å². The third-order valence-corrected chi connectivity index (χ3v) is 6.09. The standard InChI is InChI=1S/C22H23N5O2/c23-21(28)20-9-14(5-6-24-20)12-29-17-3-4-18-16(10-17)11-25-22(26-18)27-19-8-13-1-2-15(19)7-13/h3-6,9-11,13,15,19H,1-2,7-8,12H2,(H2,23,28)(H,25,26,27). The Kier molecular flexibility index (Phi) is 4.50. The SMILES string of the molecule is NC(=O)c1cc(COc2ccc3nc(NC4CC5CCC4C5)ncc3c2)ccn1. The third kappa shape index (κ3) is 3.72. The molecule has 3 aromatic rings. The molecule has 7 nitrogen and oxygen atoms in total. The fourth-order valence-corrected chi connectivity index (χ4v) is 4.62. The van der Waals surface area contributed by atoms with Gasteiger partial charge in [0.05, 0.1) is 5.52 Å². The van der Waals surface area contributed by atoms with E-state index in [1.807, 2.05) is 24.4 Å². The van der Waals surface area contributed by atoms with Crippen LogP contribution >= 0.6 is 0 Å². The molecule has 3 atom stereocenters. The van der Waals surface area contributed by atoms with Crippen LogP contribution in [0.25, 0.3) is 10.9 Å². The first-order chi connectivity index (χ1) is 14.1. The second kappa shape index (κ2) is 7.31. The number of anilines is 1. The molecule has 2 fully saturated rings. The lowest BCUT2D eigenvalue weighted by molar-refractivity contribution is 0.0995. The highest BCUT2D eigenvalue weighted by Crippen LogP contribution is 2.45. The largest absolute Gasteiger partial charge is 0.489 e. The zero-order chi connectivity index (χ0) is 19.8. The number of nitrogens with two attached hydrogens (primary N) is 1. The van der Waals surface area contributed by atoms with Crippen molar-refractivity contribution in [1.82, 2.24) is 15.0 Å². The molecule has 2 aromatic heterocycles. The van der Waals surface area contributed by atoms with Crippen LogP contribution in [0, 0.1) is 11.8 Å². The van der Waals surface area contributed by atoms with E-state index >= 15 is 0 Å². The number of rotatable bonds is 6. The van der Waals surface area contributed by atoms with Gasteiger partial charge < -0.3 is 15.8 Å².